The van der Waals surface area contributed by atoms with Gasteiger partial charge in [-0.3, -0.25) is 14.4 Å². The Morgan fingerprint density at radius 3 is 1.55 bits per heavy atom. The average Bonchev–Trinajstić information content (AvgIpc) is 2.74. The number of methoxy groups -OCH3 is 1. The van der Waals surface area contributed by atoms with Crippen molar-refractivity contribution in [3.8, 4) is 5.75 Å². The van der Waals surface area contributed by atoms with E-state index in [4.69, 9.17) is 4.74 Å². The molecule has 0 unspecified atom stereocenters. The number of anilines is 2. The molecule has 6 nitrogen and oxygen atoms in total. The van der Waals surface area contributed by atoms with E-state index >= 15 is 0 Å². The molecular formula is C23H26N2O4. The minimum atomic E-state index is -0.104. The molecule has 2 aromatic carbocycles. The second-order valence-electron chi connectivity index (χ2n) is 7.39. The van der Waals surface area contributed by atoms with Crippen molar-refractivity contribution in [1.29, 1.82) is 0 Å². The molecule has 0 atom stereocenters. The van der Waals surface area contributed by atoms with Crippen LogP contribution in [0.5, 0.6) is 5.75 Å². The van der Waals surface area contributed by atoms with E-state index < -0.39 is 0 Å². The monoisotopic (exact) mass is 394 g/mol. The molecule has 2 aromatic rings. The lowest BCUT2D eigenvalue weighted by Crippen LogP contribution is -2.32. The van der Waals surface area contributed by atoms with Crippen molar-refractivity contribution in [3.63, 3.8) is 0 Å². The number of amides is 2. The summed E-state index contributed by atoms with van der Waals surface area (Å²) in [5.74, 6) is 0.506. The van der Waals surface area contributed by atoms with Gasteiger partial charge < -0.3 is 15.4 Å². The van der Waals surface area contributed by atoms with Crippen molar-refractivity contribution >= 4 is 29.0 Å². The van der Waals surface area contributed by atoms with Crippen LogP contribution in [-0.4, -0.2) is 24.7 Å². The Labute approximate surface area is 170 Å². The van der Waals surface area contributed by atoms with Gasteiger partial charge in [-0.1, -0.05) is 0 Å². The number of ketones is 1. The van der Waals surface area contributed by atoms with Crippen LogP contribution in [0.1, 0.15) is 43.0 Å². The zero-order valence-electron chi connectivity index (χ0n) is 16.7. The van der Waals surface area contributed by atoms with Crippen LogP contribution in [0.15, 0.2) is 48.5 Å². The number of nitrogens with one attached hydrogen (secondary N) is 2. The Kier molecular flexibility index (Phi) is 6.65. The van der Waals surface area contributed by atoms with Crippen LogP contribution in [0, 0.1) is 11.8 Å². The lowest BCUT2D eigenvalue weighted by molar-refractivity contribution is -0.125. The molecule has 0 aromatic heterocycles. The first-order valence-electron chi connectivity index (χ1n) is 9.83. The SMILES string of the molecule is COc1ccc(NC(=O)C2CCC(C(=O)Nc3ccc(C(C)=O)cc3)CC2)cc1. The van der Waals surface area contributed by atoms with Gasteiger partial charge in [0, 0.05) is 28.8 Å². The first-order chi connectivity index (χ1) is 14.0. The van der Waals surface area contributed by atoms with Gasteiger partial charge in [-0.2, -0.15) is 0 Å². The maximum Gasteiger partial charge on any atom is 0.227 e. The van der Waals surface area contributed by atoms with Gasteiger partial charge in [0.15, 0.2) is 5.78 Å². The number of rotatable bonds is 6. The molecule has 6 heteroatoms. The molecule has 0 heterocycles. The van der Waals surface area contributed by atoms with E-state index in [2.05, 4.69) is 10.6 Å². The highest BCUT2D eigenvalue weighted by Gasteiger charge is 2.30. The van der Waals surface area contributed by atoms with E-state index in [0.717, 1.165) is 11.4 Å². The summed E-state index contributed by atoms with van der Waals surface area (Å²) < 4.78 is 5.12. The number of benzene rings is 2. The third-order valence-electron chi connectivity index (χ3n) is 5.39. The maximum absolute atomic E-state index is 12.5. The molecule has 152 valence electrons. The number of carbonyl (C=O) groups is 3. The van der Waals surface area contributed by atoms with Crippen molar-refractivity contribution in [3.05, 3.63) is 54.1 Å². The van der Waals surface area contributed by atoms with E-state index in [-0.39, 0.29) is 29.4 Å². The van der Waals surface area contributed by atoms with Crippen LogP contribution in [0.25, 0.3) is 0 Å². The first kappa shape index (κ1) is 20.6. The fourth-order valence-electron chi connectivity index (χ4n) is 3.57. The largest absolute Gasteiger partial charge is 0.497 e. The number of hydrogen-bond donors (Lipinski definition) is 2. The van der Waals surface area contributed by atoms with Gasteiger partial charge in [0.2, 0.25) is 11.8 Å². The molecule has 0 saturated heterocycles. The van der Waals surface area contributed by atoms with E-state index in [1.165, 1.54) is 6.92 Å². The summed E-state index contributed by atoms with van der Waals surface area (Å²) in [5.41, 5.74) is 2.04. The van der Waals surface area contributed by atoms with Gasteiger partial charge in [0.1, 0.15) is 5.75 Å². The van der Waals surface area contributed by atoms with Gasteiger partial charge in [-0.15, -0.1) is 0 Å². The third-order valence-corrected chi connectivity index (χ3v) is 5.39. The normalized spacial score (nSPS) is 18.6. The average molecular weight is 394 g/mol. The van der Waals surface area contributed by atoms with Crippen LogP contribution in [0.2, 0.25) is 0 Å². The smallest absolute Gasteiger partial charge is 0.227 e. The summed E-state index contributed by atoms with van der Waals surface area (Å²) >= 11 is 0. The Balaban J connectivity index is 1.48. The van der Waals surface area contributed by atoms with E-state index in [1.54, 1.807) is 43.5 Å². The Hall–Kier alpha value is -3.15. The zero-order chi connectivity index (χ0) is 20.8. The number of carbonyl (C=O) groups excluding carboxylic acids is 3. The molecule has 29 heavy (non-hydrogen) atoms. The van der Waals surface area contributed by atoms with Gasteiger partial charge in [-0.05, 0) is 81.1 Å². The van der Waals surface area contributed by atoms with Crippen LogP contribution in [0.3, 0.4) is 0 Å². The molecule has 0 radical (unpaired) electrons. The van der Waals surface area contributed by atoms with E-state index in [0.29, 0.717) is 36.9 Å². The van der Waals surface area contributed by atoms with Gasteiger partial charge in [0.25, 0.3) is 0 Å². The topological polar surface area (TPSA) is 84.5 Å². The molecule has 1 saturated carbocycles. The molecule has 2 N–H and O–H groups in total. The van der Waals surface area contributed by atoms with Crippen molar-refractivity contribution in [2.24, 2.45) is 11.8 Å². The van der Waals surface area contributed by atoms with Crippen LogP contribution < -0.4 is 15.4 Å². The Morgan fingerprint density at radius 1 is 0.759 bits per heavy atom. The minimum absolute atomic E-state index is 0.00545. The second-order valence-corrected chi connectivity index (χ2v) is 7.39. The second kappa shape index (κ2) is 9.37. The van der Waals surface area contributed by atoms with Crippen molar-refractivity contribution in [1.82, 2.24) is 0 Å². The number of hydrogen-bond acceptors (Lipinski definition) is 4. The van der Waals surface area contributed by atoms with Crippen molar-refractivity contribution in [2.45, 2.75) is 32.6 Å². The summed E-state index contributed by atoms with van der Waals surface area (Å²) in [4.78, 5) is 36.4. The molecule has 1 aliphatic carbocycles. The zero-order valence-corrected chi connectivity index (χ0v) is 16.7. The van der Waals surface area contributed by atoms with E-state index in [1.807, 2.05) is 12.1 Å². The van der Waals surface area contributed by atoms with Crippen LogP contribution in [0.4, 0.5) is 11.4 Å². The maximum atomic E-state index is 12.5. The third kappa shape index (κ3) is 5.44. The standard InChI is InChI=1S/C23H26N2O4/c1-15(26)16-7-9-19(10-8-16)24-22(27)17-3-5-18(6-4-17)23(28)25-20-11-13-21(29-2)14-12-20/h7-14,17-18H,3-6H2,1-2H3,(H,24,27)(H,25,28). The van der Waals surface area contributed by atoms with Crippen molar-refractivity contribution < 1.29 is 19.1 Å². The van der Waals surface area contributed by atoms with Crippen LogP contribution in [-0.2, 0) is 9.59 Å². The summed E-state index contributed by atoms with van der Waals surface area (Å²) in [5, 5.41) is 5.85. The predicted octanol–water partition coefficient (Wildman–Crippen LogP) is 4.28. The molecule has 0 spiro atoms. The Bertz CT molecular complexity index is 867. The highest BCUT2D eigenvalue weighted by atomic mass is 16.5. The summed E-state index contributed by atoms with van der Waals surface area (Å²) in [6, 6.07) is 14.1. The lowest BCUT2D eigenvalue weighted by Gasteiger charge is -2.27. The van der Waals surface area contributed by atoms with Gasteiger partial charge >= 0.3 is 0 Å². The first-order valence-corrected chi connectivity index (χ1v) is 9.83. The van der Waals surface area contributed by atoms with Crippen LogP contribution >= 0.6 is 0 Å². The summed E-state index contributed by atoms with van der Waals surface area (Å²) in [6.07, 6.45) is 2.73. The Morgan fingerprint density at radius 2 is 1.17 bits per heavy atom. The van der Waals surface area contributed by atoms with Crippen molar-refractivity contribution in [2.75, 3.05) is 17.7 Å². The quantitative estimate of drug-likeness (QED) is 0.716. The number of Topliss-reactive ketones (excluding diaryl/α,β-unsaturated/α-hetero) is 1. The molecular weight excluding hydrogens is 368 g/mol. The fourth-order valence-corrected chi connectivity index (χ4v) is 3.57. The molecule has 2 amide bonds. The molecule has 1 fully saturated rings. The minimum Gasteiger partial charge on any atom is -0.497 e. The molecule has 0 aliphatic heterocycles. The lowest BCUT2D eigenvalue weighted by atomic mass is 9.81. The van der Waals surface area contributed by atoms with E-state index in [9.17, 15) is 14.4 Å². The highest BCUT2D eigenvalue weighted by molar-refractivity contribution is 5.96. The summed E-state index contributed by atoms with van der Waals surface area (Å²) in [6.45, 7) is 1.51. The van der Waals surface area contributed by atoms with Gasteiger partial charge in [-0.25, -0.2) is 0 Å². The highest BCUT2D eigenvalue weighted by Crippen LogP contribution is 2.31. The predicted molar refractivity (Wildman–Crippen MR) is 112 cm³/mol. The summed E-state index contributed by atoms with van der Waals surface area (Å²) in [7, 11) is 1.60. The molecule has 3 rings (SSSR count). The molecule has 1 aliphatic rings. The number of ether oxygens (including phenoxy) is 1. The van der Waals surface area contributed by atoms with Gasteiger partial charge in [0.05, 0.1) is 7.11 Å². The molecule has 0 bridgehead atoms. The fraction of sp³-hybridized carbons (Fsp3) is 0.348.